The Morgan fingerprint density at radius 2 is 1.84 bits per heavy atom. The van der Waals surface area contributed by atoms with Gasteiger partial charge < -0.3 is 15.0 Å². The summed E-state index contributed by atoms with van der Waals surface area (Å²) in [6, 6.07) is 0. The monoisotopic (exact) mass is 271 g/mol. The van der Waals surface area contributed by atoms with Gasteiger partial charge in [0.15, 0.2) is 0 Å². The highest BCUT2D eigenvalue weighted by atomic mass is 16.5. The zero-order chi connectivity index (χ0) is 13.9. The van der Waals surface area contributed by atoms with Gasteiger partial charge in [-0.3, -0.25) is 9.69 Å². The zero-order valence-corrected chi connectivity index (χ0v) is 12.5. The molecule has 1 fully saturated rings. The molecule has 0 saturated carbocycles. The molecule has 0 radical (unpaired) electrons. The first kappa shape index (κ1) is 16.4. The second-order valence-electron chi connectivity index (χ2n) is 5.17. The van der Waals surface area contributed by atoms with Crippen LogP contribution in [0.15, 0.2) is 0 Å². The van der Waals surface area contributed by atoms with Crippen LogP contribution < -0.4 is 5.32 Å². The number of hydrogen-bond acceptors (Lipinski definition) is 4. The van der Waals surface area contributed by atoms with E-state index in [1.54, 1.807) is 7.11 Å². The van der Waals surface area contributed by atoms with Gasteiger partial charge >= 0.3 is 0 Å². The minimum Gasteiger partial charge on any atom is -0.383 e. The van der Waals surface area contributed by atoms with Crippen LogP contribution in [0, 0.1) is 0 Å². The van der Waals surface area contributed by atoms with E-state index in [-0.39, 0.29) is 5.91 Å². The highest BCUT2D eigenvalue weighted by molar-refractivity contribution is 5.77. The summed E-state index contributed by atoms with van der Waals surface area (Å²) in [4.78, 5) is 16.4. The summed E-state index contributed by atoms with van der Waals surface area (Å²) in [5.41, 5.74) is 0. The summed E-state index contributed by atoms with van der Waals surface area (Å²) in [5, 5.41) is 2.86. The zero-order valence-electron chi connectivity index (χ0n) is 12.5. The van der Waals surface area contributed by atoms with Gasteiger partial charge in [-0.25, -0.2) is 0 Å². The molecule has 112 valence electrons. The molecule has 0 unspecified atom stereocenters. The van der Waals surface area contributed by atoms with Crippen molar-refractivity contribution < 1.29 is 9.53 Å². The summed E-state index contributed by atoms with van der Waals surface area (Å²) >= 11 is 0. The van der Waals surface area contributed by atoms with Crippen molar-refractivity contribution in [1.29, 1.82) is 0 Å². The summed E-state index contributed by atoms with van der Waals surface area (Å²) in [7, 11) is 1.64. The molecule has 0 aromatic heterocycles. The number of methoxy groups -OCH3 is 1. The Labute approximate surface area is 117 Å². The first-order valence-electron chi connectivity index (χ1n) is 7.46. The summed E-state index contributed by atoms with van der Waals surface area (Å²) in [5.74, 6) is 0.108. The maximum absolute atomic E-state index is 11.7. The number of unbranched alkanes of at least 4 members (excludes halogenated alkanes) is 2. The normalized spacial score (nSPS) is 17.6. The number of nitrogens with zero attached hydrogens (tertiary/aromatic N) is 2. The Morgan fingerprint density at radius 1 is 1.16 bits per heavy atom. The van der Waals surface area contributed by atoms with Crippen LogP contribution in [0.2, 0.25) is 0 Å². The molecule has 1 amide bonds. The van der Waals surface area contributed by atoms with Crippen molar-refractivity contribution in [2.45, 2.75) is 26.2 Å². The molecule has 0 bridgehead atoms. The Hall–Kier alpha value is -0.650. The molecule has 0 aromatic carbocycles. The molecule has 1 aliphatic rings. The molecule has 1 N–H and O–H groups in total. The molecule has 5 nitrogen and oxygen atoms in total. The van der Waals surface area contributed by atoms with Gasteiger partial charge in [-0.1, -0.05) is 19.8 Å². The van der Waals surface area contributed by atoms with Crippen LogP contribution in [0.4, 0.5) is 0 Å². The van der Waals surface area contributed by atoms with E-state index in [4.69, 9.17) is 4.74 Å². The first-order valence-corrected chi connectivity index (χ1v) is 7.46. The van der Waals surface area contributed by atoms with E-state index in [9.17, 15) is 4.79 Å². The SMILES string of the molecule is CCCCCN1CCN(CC(=O)NCCOC)CC1. The van der Waals surface area contributed by atoms with Crippen LogP contribution in [0.25, 0.3) is 0 Å². The lowest BCUT2D eigenvalue weighted by Gasteiger charge is -2.34. The number of ether oxygens (including phenoxy) is 1. The van der Waals surface area contributed by atoms with Crippen molar-refractivity contribution in [3.8, 4) is 0 Å². The Kier molecular flexibility index (Phi) is 8.79. The lowest BCUT2D eigenvalue weighted by Crippen LogP contribution is -2.49. The van der Waals surface area contributed by atoms with Crippen LogP contribution >= 0.6 is 0 Å². The topological polar surface area (TPSA) is 44.8 Å². The maximum atomic E-state index is 11.7. The fraction of sp³-hybridized carbons (Fsp3) is 0.929. The summed E-state index contributed by atoms with van der Waals surface area (Å²) < 4.78 is 4.91. The van der Waals surface area contributed by atoms with Crippen LogP contribution in [-0.2, 0) is 9.53 Å². The number of piperazine rings is 1. The van der Waals surface area contributed by atoms with Crippen LogP contribution in [0.5, 0.6) is 0 Å². The largest absolute Gasteiger partial charge is 0.383 e. The Bertz CT molecular complexity index is 241. The van der Waals surface area contributed by atoms with E-state index in [2.05, 4.69) is 22.0 Å². The third-order valence-electron chi connectivity index (χ3n) is 3.54. The third-order valence-corrected chi connectivity index (χ3v) is 3.54. The van der Waals surface area contributed by atoms with E-state index >= 15 is 0 Å². The Balaban J connectivity index is 2.07. The van der Waals surface area contributed by atoms with E-state index in [0.717, 1.165) is 26.2 Å². The molecule has 0 atom stereocenters. The van der Waals surface area contributed by atoms with Gasteiger partial charge in [0.2, 0.25) is 5.91 Å². The average molecular weight is 271 g/mol. The molecule has 1 heterocycles. The molecule has 1 saturated heterocycles. The van der Waals surface area contributed by atoms with Crippen molar-refractivity contribution in [3.05, 3.63) is 0 Å². The summed E-state index contributed by atoms with van der Waals surface area (Å²) in [6.07, 6.45) is 3.90. The Morgan fingerprint density at radius 3 is 2.47 bits per heavy atom. The molecule has 1 aliphatic heterocycles. The molecular formula is C14H29N3O2. The summed E-state index contributed by atoms with van der Waals surface area (Å²) in [6.45, 7) is 9.34. The predicted octanol–water partition coefficient (Wildman–Crippen LogP) is 0.557. The van der Waals surface area contributed by atoms with E-state index < -0.39 is 0 Å². The van der Waals surface area contributed by atoms with Crippen LogP contribution in [0.3, 0.4) is 0 Å². The molecule has 0 aromatic rings. The fourth-order valence-corrected chi connectivity index (χ4v) is 2.31. The minimum absolute atomic E-state index is 0.108. The van der Waals surface area contributed by atoms with Gasteiger partial charge in [-0.15, -0.1) is 0 Å². The quantitative estimate of drug-likeness (QED) is 0.622. The number of rotatable bonds is 9. The molecule has 19 heavy (non-hydrogen) atoms. The third kappa shape index (κ3) is 7.50. The van der Waals surface area contributed by atoms with Crippen molar-refractivity contribution >= 4 is 5.91 Å². The first-order chi connectivity index (χ1) is 9.26. The number of hydrogen-bond donors (Lipinski definition) is 1. The van der Waals surface area contributed by atoms with Crippen molar-refractivity contribution in [3.63, 3.8) is 0 Å². The van der Waals surface area contributed by atoms with Gasteiger partial charge in [0, 0.05) is 39.8 Å². The van der Waals surface area contributed by atoms with E-state index in [1.807, 2.05) is 0 Å². The second kappa shape index (κ2) is 10.2. The second-order valence-corrected chi connectivity index (χ2v) is 5.17. The highest BCUT2D eigenvalue weighted by Crippen LogP contribution is 2.04. The molecule has 0 aliphatic carbocycles. The molecule has 0 spiro atoms. The van der Waals surface area contributed by atoms with Gasteiger partial charge in [-0.05, 0) is 13.0 Å². The standard InChI is InChI=1S/C14H29N3O2/c1-3-4-5-7-16-8-10-17(11-9-16)13-14(18)15-6-12-19-2/h3-13H2,1-2H3,(H,15,18). The fourth-order valence-electron chi connectivity index (χ4n) is 2.31. The van der Waals surface area contributed by atoms with Gasteiger partial charge in [0.05, 0.1) is 13.2 Å². The maximum Gasteiger partial charge on any atom is 0.234 e. The van der Waals surface area contributed by atoms with E-state index in [1.165, 1.54) is 25.8 Å². The smallest absolute Gasteiger partial charge is 0.234 e. The van der Waals surface area contributed by atoms with Crippen molar-refractivity contribution in [2.75, 3.05) is 59.5 Å². The highest BCUT2D eigenvalue weighted by Gasteiger charge is 2.18. The number of carbonyl (C=O) groups excluding carboxylic acids is 1. The molecule has 1 rings (SSSR count). The lowest BCUT2D eigenvalue weighted by atomic mass is 10.2. The average Bonchev–Trinajstić information content (AvgIpc) is 2.41. The minimum atomic E-state index is 0.108. The van der Waals surface area contributed by atoms with Crippen LogP contribution in [0.1, 0.15) is 26.2 Å². The van der Waals surface area contributed by atoms with Crippen LogP contribution in [-0.4, -0.2) is 75.2 Å². The van der Waals surface area contributed by atoms with Gasteiger partial charge in [-0.2, -0.15) is 0 Å². The van der Waals surface area contributed by atoms with Crippen molar-refractivity contribution in [1.82, 2.24) is 15.1 Å². The van der Waals surface area contributed by atoms with Gasteiger partial charge in [0.25, 0.3) is 0 Å². The van der Waals surface area contributed by atoms with Gasteiger partial charge in [0.1, 0.15) is 0 Å². The number of carbonyl (C=O) groups is 1. The lowest BCUT2D eigenvalue weighted by molar-refractivity contribution is -0.122. The van der Waals surface area contributed by atoms with E-state index in [0.29, 0.717) is 19.7 Å². The number of amides is 1. The molecular weight excluding hydrogens is 242 g/mol. The number of nitrogens with one attached hydrogen (secondary N) is 1. The molecule has 5 heteroatoms. The van der Waals surface area contributed by atoms with Crippen molar-refractivity contribution in [2.24, 2.45) is 0 Å². The predicted molar refractivity (Wildman–Crippen MR) is 77.3 cm³/mol.